The summed E-state index contributed by atoms with van der Waals surface area (Å²) in [6.45, 7) is 2.13. The van der Waals surface area contributed by atoms with Gasteiger partial charge in [-0.3, -0.25) is 0 Å². The van der Waals surface area contributed by atoms with Crippen LogP contribution in [0.3, 0.4) is 0 Å². The van der Waals surface area contributed by atoms with Gasteiger partial charge in [0.15, 0.2) is 0 Å². The highest BCUT2D eigenvalue weighted by atomic mass is 79.9. The van der Waals surface area contributed by atoms with Gasteiger partial charge in [0.05, 0.1) is 13.3 Å². The van der Waals surface area contributed by atoms with Crippen LogP contribution < -0.4 is 20.7 Å². The molecule has 0 aliphatic heterocycles. The minimum atomic E-state index is -1.94. The summed E-state index contributed by atoms with van der Waals surface area (Å²) >= 11 is 3.88. The van der Waals surface area contributed by atoms with Gasteiger partial charge in [0, 0.05) is 10.0 Å². The van der Waals surface area contributed by atoms with Gasteiger partial charge < -0.3 is 4.74 Å². The number of rotatable bonds is 6. The summed E-state index contributed by atoms with van der Waals surface area (Å²) in [5, 5.41) is 4.15. The summed E-state index contributed by atoms with van der Waals surface area (Å²) < 4.78 is 6.78. The van der Waals surface area contributed by atoms with Crippen LogP contribution in [0.4, 0.5) is 0 Å². The van der Waals surface area contributed by atoms with Crippen molar-refractivity contribution in [3.63, 3.8) is 0 Å². The lowest BCUT2D eigenvalue weighted by Crippen LogP contribution is -2.32. The molecule has 0 aromatic heterocycles. The van der Waals surface area contributed by atoms with Crippen molar-refractivity contribution in [2.45, 2.75) is 13.1 Å². The average molecular weight is 476 g/mol. The minimum absolute atomic E-state index is 0.901. The molecule has 0 saturated heterocycles. The molecule has 0 heterocycles. The van der Waals surface area contributed by atoms with Crippen LogP contribution >= 0.6 is 23.2 Å². The van der Waals surface area contributed by atoms with E-state index in [0.29, 0.717) is 0 Å². The van der Waals surface area contributed by atoms with Crippen LogP contribution in [0.2, 0.25) is 0 Å². The van der Waals surface area contributed by atoms with Gasteiger partial charge in [-0.25, -0.2) is 0 Å². The number of benzene rings is 4. The van der Waals surface area contributed by atoms with Crippen molar-refractivity contribution in [3.05, 3.63) is 119 Å². The van der Waals surface area contributed by atoms with E-state index in [1.165, 1.54) is 27.0 Å². The maximum absolute atomic E-state index is 5.61. The molecule has 0 bridgehead atoms. The third kappa shape index (κ3) is 3.95. The predicted molar refractivity (Wildman–Crippen MR) is 134 cm³/mol. The summed E-state index contributed by atoms with van der Waals surface area (Å²) in [4.78, 5) is 0. The Morgan fingerprint density at radius 1 is 0.700 bits per heavy atom. The summed E-state index contributed by atoms with van der Waals surface area (Å²) in [7, 11) is -0.201. The second-order valence-corrected chi connectivity index (χ2v) is 11.7. The van der Waals surface area contributed by atoms with Gasteiger partial charge in [0.25, 0.3) is 0 Å². The smallest absolute Gasteiger partial charge is 0.119 e. The normalized spacial score (nSPS) is 11.3. The predicted octanol–water partition coefficient (Wildman–Crippen LogP) is 6.26. The molecule has 4 aromatic carbocycles. The van der Waals surface area contributed by atoms with E-state index in [1.54, 1.807) is 7.11 Å². The first kappa shape index (κ1) is 20.8. The molecular weight excluding hydrogens is 451 g/mol. The zero-order valence-corrected chi connectivity index (χ0v) is 19.7. The van der Waals surface area contributed by atoms with Gasteiger partial charge in [-0.05, 0) is 61.0 Å². The molecule has 0 N–H and O–H groups in total. The Hall–Kier alpha value is -2.41. The second kappa shape index (κ2) is 9.16. The van der Waals surface area contributed by atoms with Crippen molar-refractivity contribution < 1.29 is 4.74 Å². The third-order valence-electron chi connectivity index (χ3n) is 5.54. The van der Waals surface area contributed by atoms with Crippen molar-refractivity contribution in [1.29, 1.82) is 0 Å². The van der Waals surface area contributed by atoms with Crippen molar-refractivity contribution in [2.75, 3.05) is 7.11 Å². The Morgan fingerprint density at radius 2 is 1.13 bits per heavy atom. The summed E-state index contributed by atoms with van der Waals surface area (Å²) in [6, 6.07) is 37.2. The lowest BCUT2D eigenvalue weighted by Gasteiger charge is -2.28. The van der Waals surface area contributed by atoms with E-state index in [-0.39, 0.29) is 0 Å². The SMILES string of the molecule is COc1cc(C)c(Br)c(C[P+](c2ccccc2)(c2ccccc2)c2ccccc2)c1. The fraction of sp³-hybridized carbons (Fsp3) is 0.111. The van der Waals surface area contributed by atoms with Crippen molar-refractivity contribution in [1.82, 2.24) is 0 Å². The molecule has 30 heavy (non-hydrogen) atoms. The maximum Gasteiger partial charge on any atom is 0.119 e. The van der Waals surface area contributed by atoms with E-state index in [2.05, 4.69) is 126 Å². The zero-order chi connectivity index (χ0) is 21.0. The van der Waals surface area contributed by atoms with Gasteiger partial charge in [-0.1, -0.05) is 70.5 Å². The Balaban J connectivity index is 2.02. The molecule has 0 aliphatic carbocycles. The molecule has 150 valence electrons. The van der Waals surface area contributed by atoms with Crippen molar-refractivity contribution in [2.24, 2.45) is 0 Å². The maximum atomic E-state index is 5.61. The first-order valence-corrected chi connectivity index (χ1v) is 12.8. The molecule has 0 radical (unpaired) electrons. The van der Waals surface area contributed by atoms with Crippen LogP contribution in [0.25, 0.3) is 0 Å². The summed E-state index contributed by atoms with van der Waals surface area (Å²) in [5.74, 6) is 0.901. The van der Waals surface area contributed by atoms with E-state index in [9.17, 15) is 0 Å². The highest BCUT2D eigenvalue weighted by Gasteiger charge is 2.45. The van der Waals surface area contributed by atoms with Gasteiger partial charge in [0.1, 0.15) is 28.9 Å². The first-order valence-electron chi connectivity index (χ1n) is 10.0. The molecule has 1 nitrogen and oxygen atoms in total. The molecule has 4 aromatic rings. The Morgan fingerprint density at radius 3 is 1.53 bits per heavy atom. The zero-order valence-electron chi connectivity index (χ0n) is 17.3. The van der Waals surface area contributed by atoms with E-state index < -0.39 is 7.26 Å². The van der Waals surface area contributed by atoms with E-state index in [4.69, 9.17) is 4.74 Å². The average Bonchev–Trinajstić information content (AvgIpc) is 2.81. The van der Waals surface area contributed by atoms with Crippen LogP contribution in [-0.4, -0.2) is 7.11 Å². The lowest BCUT2D eigenvalue weighted by atomic mass is 10.1. The number of methoxy groups -OCH3 is 1. The lowest BCUT2D eigenvalue weighted by molar-refractivity contribution is 0.414. The number of ether oxygens (including phenoxy) is 1. The highest BCUT2D eigenvalue weighted by Crippen LogP contribution is 2.59. The Kier molecular flexibility index (Phi) is 6.37. The largest absolute Gasteiger partial charge is 0.497 e. The van der Waals surface area contributed by atoms with E-state index in [1.807, 2.05) is 0 Å². The van der Waals surface area contributed by atoms with Crippen LogP contribution in [0.5, 0.6) is 5.75 Å². The van der Waals surface area contributed by atoms with Crippen molar-refractivity contribution in [3.8, 4) is 5.75 Å². The number of hydrogen-bond donors (Lipinski definition) is 0. The second-order valence-electron chi connectivity index (χ2n) is 7.39. The van der Waals surface area contributed by atoms with Crippen LogP contribution in [0, 0.1) is 6.92 Å². The molecule has 0 saturated carbocycles. The van der Waals surface area contributed by atoms with E-state index in [0.717, 1.165) is 16.4 Å². The Bertz CT molecular complexity index is 1020. The molecule has 0 fully saturated rings. The summed E-state index contributed by atoms with van der Waals surface area (Å²) in [5.41, 5.74) is 2.47. The van der Waals surface area contributed by atoms with Gasteiger partial charge in [0.2, 0.25) is 0 Å². The highest BCUT2D eigenvalue weighted by molar-refractivity contribution is 9.10. The van der Waals surface area contributed by atoms with Crippen LogP contribution in [0.15, 0.2) is 108 Å². The van der Waals surface area contributed by atoms with Gasteiger partial charge in [-0.15, -0.1) is 0 Å². The fourth-order valence-corrected chi connectivity index (χ4v) is 8.90. The quantitative estimate of drug-likeness (QED) is 0.299. The molecule has 0 unspecified atom stereocenters. The number of halogens is 1. The summed E-state index contributed by atoms with van der Waals surface area (Å²) in [6.07, 6.45) is 0.920. The number of aryl methyl sites for hydroxylation is 1. The van der Waals surface area contributed by atoms with Gasteiger partial charge >= 0.3 is 0 Å². The van der Waals surface area contributed by atoms with Crippen LogP contribution in [-0.2, 0) is 6.16 Å². The van der Waals surface area contributed by atoms with Crippen LogP contribution in [0.1, 0.15) is 11.1 Å². The molecular formula is C27H25BrOP+. The number of hydrogen-bond acceptors (Lipinski definition) is 1. The minimum Gasteiger partial charge on any atom is -0.497 e. The monoisotopic (exact) mass is 475 g/mol. The molecule has 4 rings (SSSR count). The molecule has 3 heteroatoms. The standard InChI is InChI=1S/C27H25BrOP/c1-21-18-23(29-2)19-22(27(21)28)20-30(24-12-6-3-7-13-24,25-14-8-4-9-15-25)26-16-10-5-11-17-26/h3-19H,20H2,1-2H3/q+1. The molecule has 0 amide bonds. The Labute approximate surface area is 188 Å². The molecule has 0 spiro atoms. The first-order chi connectivity index (χ1) is 14.6. The third-order valence-corrected chi connectivity index (χ3v) is 11.0. The van der Waals surface area contributed by atoms with Crippen molar-refractivity contribution >= 4 is 39.1 Å². The molecule has 0 atom stereocenters. The van der Waals surface area contributed by atoms with Gasteiger partial charge in [-0.2, -0.15) is 0 Å². The van der Waals surface area contributed by atoms with E-state index >= 15 is 0 Å². The fourth-order valence-electron chi connectivity index (χ4n) is 4.06. The topological polar surface area (TPSA) is 9.23 Å². The molecule has 0 aliphatic rings.